The van der Waals surface area contributed by atoms with E-state index >= 15 is 0 Å². The first-order chi connectivity index (χ1) is 15.7. The Morgan fingerprint density at radius 3 is 2.64 bits per heavy atom. The molecular formula is C27H37N3O3. The van der Waals surface area contributed by atoms with Crippen LogP contribution in [-0.2, 0) is 20.9 Å². The average Bonchev–Trinajstić information content (AvgIpc) is 3.35. The van der Waals surface area contributed by atoms with Crippen LogP contribution in [0.5, 0.6) is 0 Å². The van der Waals surface area contributed by atoms with Crippen LogP contribution < -0.4 is 0 Å². The van der Waals surface area contributed by atoms with Crippen LogP contribution in [-0.4, -0.2) is 27.1 Å². The molecule has 178 valence electrons. The van der Waals surface area contributed by atoms with Crippen molar-refractivity contribution >= 4 is 11.8 Å². The Hall–Kier alpha value is -2.16. The normalized spacial score (nSPS) is 41.9. The Labute approximate surface area is 197 Å². The van der Waals surface area contributed by atoms with Crippen LogP contribution in [0.25, 0.3) is 0 Å². The predicted molar refractivity (Wildman–Crippen MR) is 123 cm³/mol. The van der Waals surface area contributed by atoms with E-state index in [2.05, 4.69) is 25.0 Å². The highest BCUT2D eigenvalue weighted by Gasteiger charge is 2.59. The van der Waals surface area contributed by atoms with Crippen LogP contribution in [0.2, 0.25) is 0 Å². The molecule has 0 aromatic carbocycles. The molecule has 4 fully saturated rings. The molecule has 0 unspecified atom stereocenters. The lowest BCUT2D eigenvalue weighted by Gasteiger charge is -2.57. The highest BCUT2D eigenvalue weighted by atomic mass is 16.6. The van der Waals surface area contributed by atoms with Crippen molar-refractivity contribution in [2.45, 2.75) is 90.7 Å². The van der Waals surface area contributed by atoms with Gasteiger partial charge in [0.25, 0.3) is 0 Å². The molecule has 0 bridgehead atoms. The van der Waals surface area contributed by atoms with Crippen molar-refractivity contribution in [3.05, 3.63) is 18.0 Å². The zero-order chi connectivity index (χ0) is 23.4. The van der Waals surface area contributed by atoms with Crippen molar-refractivity contribution in [2.75, 3.05) is 0 Å². The quantitative estimate of drug-likeness (QED) is 0.607. The number of nitrogens with zero attached hydrogens (tertiary/aromatic N) is 3. The minimum absolute atomic E-state index is 0.0945. The van der Waals surface area contributed by atoms with Crippen LogP contribution in [0.4, 0.5) is 0 Å². The zero-order valence-electron chi connectivity index (χ0n) is 20.3. The molecule has 6 nitrogen and oxygen atoms in total. The summed E-state index contributed by atoms with van der Waals surface area (Å²) in [5.74, 6) is 3.79. The Morgan fingerprint density at radius 1 is 1.12 bits per heavy atom. The van der Waals surface area contributed by atoms with Crippen molar-refractivity contribution < 1.29 is 14.3 Å². The van der Waals surface area contributed by atoms with Gasteiger partial charge in [-0.15, -0.1) is 0 Å². The summed E-state index contributed by atoms with van der Waals surface area (Å²) in [6.07, 6.45) is 13.4. The van der Waals surface area contributed by atoms with Crippen molar-refractivity contribution in [3.63, 3.8) is 0 Å². The third kappa shape index (κ3) is 3.92. The number of esters is 1. The average molecular weight is 452 g/mol. The third-order valence-corrected chi connectivity index (χ3v) is 10.1. The van der Waals surface area contributed by atoms with Gasteiger partial charge in [0.2, 0.25) is 0 Å². The lowest BCUT2D eigenvalue weighted by Crippen LogP contribution is -2.51. The summed E-state index contributed by atoms with van der Waals surface area (Å²) in [5.41, 5.74) is 0.316. The maximum absolute atomic E-state index is 13.3. The van der Waals surface area contributed by atoms with Gasteiger partial charge < -0.3 is 4.74 Å². The number of hydrogen-bond acceptors (Lipinski definition) is 5. The molecule has 0 radical (unpaired) electrons. The smallest absolute Gasteiger partial charge is 0.303 e. The largest absolute Gasteiger partial charge is 0.460 e. The molecule has 0 spiro atoms. The second-order valence-electron chi connectivity index (χ2n) is 11.9. The van der Waals surface area contributed by atoms with Gasteiger partial charge in [-0.3, -0.25) is 14.3 Å². The van der Waals surface area contributed by atoms with E-state index in [0.29, 0.717) is 17.4 Å². The lowest BCUT2D eigenvalue weighted by atomic mass is 9.49. The van der Waals surface area contributed by atoms with Gasteiger partial charge in [0.15, 0.2) is 5.78 Å². The summed E-state index contributed by atoms with van der Waals surface area (Å²) in [6, 6.07) is 2.09. The van der Waals surface area contributed by atoms with Crippen LogP contribution in [0.3, 0.4) is 0 Å². The number of ketones is 1. The van der Waals surface area contributed by atoms with Gasteiger partial charge >= 0.3 is 5.97 Å². The van der Waals surface area contributed by atoms with Crippen LogP contribution >= 0.6 is 0 Å². The van der Waals surface area contributed by atoms with Gasteiger partial charge in [-0.1, -0.05) is 6.92 Å². The number of Topliss-reactive ketones (excluding diaryl/α,β-unsaturated/α-hetero) is 1. The number of aromatic nitrogens is 2. The molecule has 4 aliphatic carbocycles. The van der Waals surface area contributed by atoms with Gasteiger partial charge in [-0.05, 0) is 99.7 Å². The molecule has 0 saturated heterocycles. The molecular weight excluding hydrogens is 414 g/mol. The maximum atomic E-state index is 13.3. The fraction of sp³-hybridized carbons (Fsp3) is 0.778. The lowest BCUT2D eigenvalue weighted by molar-refractivity contribution is -0.167. The van der Waals surface area contributed by atoms with E-state index in [9.17, 15) is 9.59 Å². The molecule has 0 amide bonds. The first kappa shape index (κ1) is 22.6. The number of rotatable bonds is 4. The number of hydrogen-bond donors (Lipinski definition) is 0. The van der Waals surface area contributed by atoms with Crippen LogP contribution in [0.15, 0.2) is 12.4 Å². The molecule has 1 heterocycles. The van der Waals surface area contributed by atoms with Gasteiger partial charge in [0.1, 0.15) is 11.7 Å². The van der Waals surface area contributed by atoms with Gasteiger partial charge in [0.05, 0.1) is 18.3 Å². The van der Waals surface area contributed by atoms with E-state index in [4.69, 9.17) is 10.00 Å². The number of carbonyl (C=O) groups is 2. The third-order valence-electron chi connectivity index (χ3n) is 10.1. The summed E-state index contributed by atoms with van der Waals surface area (Å²) in [7, 11) is 0. The van der Waals surface area contributed by atoms with E-state index in [0.717, 1.165) is 43.4 Å². The molecule has 8 atom stereocenters. The van der Waals surface area contributed by atoms with E-state index in [-0.39, 0.29) is 35.2 Å². The minimum atomic E-state index is -0.286. The fourth-order valence-electron chi connectivity index (χ4n) is 8.81. The maximum Gasteiger partial charge on any atom is 0.303 e. The molecule has 1 aromatic rings. The summed E-state index contributed by atoms with van der Waals surface area (Å²) < 4.78 is 7.38. The molecule has 0 N–H and O–H groups in total. The van der Waals surface area contributed by atoms with Crippen molar-refractivity contribution in [2.24, 2.45) is 40.9 Å². The number of ether oxygens (including phenoxy) is 1. The van der Waals surface area contributed by atoms with E-state index in [1.807, 2.05) is 0 Å². The van der Waals surface area contributed by atoms with Crippen molar-refractivity contribution in [1.82, 2.24) is 9.78 Å². The minimum Gasteiger partial charge on any atom is -0.460 e. The second-order valence-corrected chi connectivity index (χ2v) is 11.9. The van der Waals surface area contributed by atoms with E-state index in [1.54, 1.807) is 10.9 Å². The van der Waals surface area contributed by atoms with E-state index in [1.165, 1.54) is 45.2 Å². The highest BCUT2D eigenvalue weighted by molar-refractivity contribution is 5.82. The molecule has 1 aromatic heterocycles. The number of carbonyl (C=O) groups excluding carboxylic acids is 2. The number of nitriles is 1. The van der Waals surface area contributed by atoms with Gasteiger partial charge in [-0.2, -0.15) is 10.4 Å². The van der Waals surface area contributed by atoms with Crippen LogP contribution in [0.1, 0.15) is 84.1 Å². The zero-order valence-corrected chi connectivity index (χ0v) is 20.3. The number of fused-ring (bicyclic) bond motifs is 5. The summed E-state index contributed by atoms with van der Waals surface area (Å²) in [4.78, 5) is 24.9. The second kappa shape index (κ2) is 8.25. The standard InChI is InChI=1S/C27H37N3O3/c1-17(31)33-26(2)10-8-20-19(12-26)4-5-22-21(20)9-11-27(3)23(22)6-7-24(27)25(32)16-30-15-18(13-28)14-29-30/h14-15,19-24H,4-12,16H2,1-3H3/t19-,20+,21-,22-,23+,24-,26-,27+/m1/s1. The predicted octanol–water partition coefficient (Wildman–Crippen LogP) is 4.91. The Bertz CT molecular complexity index is 980. The molecule has 0 aliphatic heterocycles. The highest BCUT2D eigenvalue weighted by Crippen LogP contribution is 2.64. The molecule has 6 heteroatoms. The van der Waals surface area contributed by atoms with E-state index < -0.39 is 0 Å². The summed E-state index contributed by atoms with van der Waals surface area (Å²) in [6.45, 7) is 6.32. The molecule has 5 rings (SSSR count). The first-order valence-corrected chi connectivity index (χ1v) is 12.9. The molecule has 4 aliphatic rings. The van der Waals surface area contributed by atoms with Crippen molar-refractivity contribution in [3.8, 4) is 6.07 Å². The van der Waals surface area contributed by atoms with Gasteiger partial charge in [0, 0.05) is 19.0 Å². The van der Waals surface area contributed by atoms with Gasteiger partial charge in [-0.25, -0.2) is 0 Å². The fourth-order valence-corrected chi connectivity index (χ4v) is 8.81. The van der Waals surface area contributed by atoms with Crippen LogP contribution in [0, 0.1) is 52.3 Å². The monoisotopic (exact) mass is 451 g/mol. The van der Waals surface area contributed by atoms with Crippen molar-refractivity contribution in [1.29, 1.82) is 5.26 Å². The summed E-state index contributed by atoms with van der Waals surface area (Å²) >= 11 is 0. The molecule has 33 heavy (non-hydrogen) atoms. The SMILES string of the molecule is CC(=O)O[C@]1(C)CC[C@H]2[C@H](CC[C@@H]3[C@@H]2CC[C@]2(C)[C@@H](C(=O)Cn4cc(C#N)cn4)CC[C@@H]32)C1. The summed E-state index contributed by atoms with van der Waals surface area (Å²) in [5, 5.41) is 13.2. The Balaban J connectivity index is 1.27. The Morgan fingerprint density at radius 2 is 1.91 bits per heavy atom. The topological polar surface area (TPSA) is 85.0 Å². The first-order valence-electron chi connectivity index (χ1n) is 12.9. The molecule has 4 saturated carbocycles. The Kier molecular flexibility index (Phi) is 5.66.